The van der Waals surface area contributed by atoms with Crippen molar-refractivity contribution in [2.45, 2.75) is 19.3 Å². The minimum Gasteiger partial charge on any atom is -0.489 e. The first kappa shape index (κ1) is 12.8. The molecule has 1 nitrogen and oxygen atoms in total. The van der Waals surface area contributed by atoms with Crippen molar-refractivity contribution in [1.82, 2.24) is 0 Å². The van der Waals surface area contributed by atoms with E-state index in [4.69, 9.17) is 16.3 Å². The molecule has 0 atom stereocenters. The van der Waals surface area contributed by atoms with Crippen molar-refractivity contribution in [2.75, 3.05) is 11.9 Å². The molecule has 0 saturated heterocycles. The van der Waals surface area contributed by atoms with E-state index in [9.17, 15) is 4.39 Å². The molecule has 0 aliphatic rings. The number of benzene rings is 1. The first-order valence-electron chi connectivity index (χ1n) is 4.88. The minimum absolute atomic E-state index is 0.165. The quantitative estimate of drug-likeness (QED) is 0.557. The number of para-hydroxylation sites is 1. The molecule has 0 bridgehead atoms. The second kappa shape index (κ2) is 7.07. The van der Waals surface area contributed by atoms with E-state index in [1.54, 1.807) is 12.1 Å². The lowest BCUT2D eigenvalue weighted by Crippen LogP contribution is -1.99. The molecule has 0 heterocycles. The summed E-state index contributed by atoms with van der Waals surface area (Å²) in [5.41, 5.74) is 0. The Labute approximate surface area is 103 Å². The number of alkyl halides is 1. The van der Waals surface area contributed by atoms with Gasteiger partial charge in [-0.3, -0.25) is 0 Å². The predicted molar refractivity (Wildman–Crippen MR) is 64.6 cm³/mol. The fraction of sp³-hybridized carbons (Fsp3) is 0.455. The van der Waals surface area contributed by atoms with Crippen LogP contribution < -0.4 is 4.74 Å². The van der Waals surface area contributed by atoms with Gasteiger partial charge in [0.1, 0.15) is 0 Å². The van der Waals surface area contributed by atoms with E-state index in [1.165, 1.54) is 6.07 Å². The molecule has 4 heteroatoms. The molecule has 0 unspecified atom stereocenters. The SMILES string of the molecule is Fc1cccc(Cl)c1OCCCCCBr. The lowest BCUT2D eigenvalue weighted by molar-refractivity contribution is 0.292. The number of halogens is 3. The summed E-state index contributed by atoms with van der Waals surface area (Å²) in [6, 6.07) is 4.54. The lowest BCUT2D eigenvalue weighted by Gasteiger charge is -2.08. The number of hydrogen-bond donors (Lipinski definition) is 0. The lowest BCUT2D eigenvalue weighted by atomic mass is 10.3. The highest BCUT2D eigenvalue weighted by Gasteiger charge is 2.07. The van der Waals surface area contributed by atoms with E-state index in [2.05, 4.69) is 15.9 Å². The molecule has 0 aliphatic carbocycles. The van der Waals surface area contributed by atoms with Crippen LogP contribution in [-0.4, -0.2) is 11.9 Å². The van der Waals surface area contributed by atoms with Gasteiger partial charge in [0.2, 0.25) is 0 Å². The average molecular weight is 296 g/mol. The maximum atomic E-state index is 13.2. The molecule has 0 spiro atoms. The third kappa shape index (κ3) is 4.39. The van der Waals surface area contributed by atoms with Gasteiger partial charge in [0.15, 0.2) is 11.6 Å². The Bertz CT molecular complexity index is 286. The molecule has 15 heavy (non-hydrogen) atoms. The summed E-state index contributed by atoms with van der Waals surface area (Å²) in [4.78, 5) is 0. The molecule has 0 fully saturated rings. The third-order valence-corrected chi connectivity index (χ3v) is 2.80. The number of hydrogen-bond acceptors (Lipinski definition) is 1. The van der Waals surface area contributed by atoms with E-state index in [-0.39, 0.29) is 5.75 Å². The minimum atomic E-state index is -0.400. The second-order valence-electron chi connectivity index (χ2n) is 3.15. The molecule has 1 aromatic rings. The van der Waals surface area contributed by atoms with Gasteiger partial charge in [-0.1, -0.05) is 33.6 Å². The van der Waals surface area contributed by atoms with Gasteiger partial charge in [-0.2, -0.15) is 0 Å². The Morgan fingerprint density at radius 2 is 2.07 bits per heavy atom. The zero-order chi connectivity index (χ0) is 11.1. The topological polar surface area (TPSA) is 9.23 Å². The Morgan fingerprint density at radius 3 is 2.73 bits per heavy atom. The molecule has 1 rings (SSSR count). The highest BCUT2D eigenvalue weighted by Crippen LogP contribution is 2.27. The zero-order valence-electron chi connectivity index (χ0n) is 8.31. The fourth-order valence-electron chi connectivity index (χ4n) is 1.17. The number of rotatable bonds is 6. The monoisotopic (exact) mass is 294 g/mol. The molecule has 0 radical (unpaired) electrons. The van der Waals surface area contributed by atoms with E-state index in [0.29, 0.717) is 11.6 Å². The van der Waals surface area contributed by atoms with Crippen LogP contribution in [0.4, 0.5) is 4.39 Å². The van der Waals surface area contributed by atoms with E-state index >= 15 is 0 Å². The molecule has 0 aromatic heterocycles. The third-order valence-electron chi connectivity index (χ3n) is 1.94. The summed E-state index contributed by atoms with van der Waals surface area (Å²) in [5, 5.41) is 1.32. The summed E-state index contributed by atoms with van der Waals surface area (Å²) in [7, 11) is 0. The number of ether oxygens (including phenoxy) is 1. The van der Waals surface area contributed by atoms with Crippen molar-refractivity contribution in [3.63, 3.8) is 0 Å². The highest BCUT2D eigenvalue weighted by atomic mass is 79.9. The van der Waals surface area contributed by atoms with Gasteiger partial charge in [-0.05, 0) is 31.4 Å². The van der Waals surface area contributed by atoms with Gasteiger partial charge >= 0.3 is 0 Å². The Kier molecular flexibility index (Phi) is 6.03. The maximum Gasteiger partial charge on any atom is 0.173 e. The molecule has 0 amide bonds. The molecule has 0 aliphatic heterocycles. The molecule has 84 valence electrons. The van der Waals surface area contributed by atoms with Crippen LogP contribution in [-0.2, 0) is 0 Å². The maximum absolute atomic E-state index is 13.2. The molecule has 0 N–H and O–H groups in total. The van der Waals surface area contributed by atoms with Gasteiger partial charge in [-0.25, -0.2) is 4.39 Å². The highest BCUT2D eigenvalue weighted by molar-refractivity contribution is 9.09. The predicted octanol–water partition coefficient (Wildman–Crippen LogP) is 4.42. The Morgan fingerprint density at radius 1 is 1.27 bits per heavy atom. The van der Waals surface area contributed by atoms with Gasteiger partial charge in [0.05, 0.1) is 11.6 Å². The van der Waals surface area contributed by atoms with Crippen molar-refractivity contribution < 1.29 is 9.13 Å². The van der Waals surface area contributed by atoms with E-state index in [1.807, 2.05) is 0 Å². The van der Waals surface area contributed by atoms with Crippen molar-refractivity contribution in [1.29, 1.82) is 0 Å². The summed E-state index contributed by atoms with van der Waals surface area (Å²) in [6.45, 7) is 0.508. The zero-order valence-corrected chi connectivity index (χ0v) is 10.7. The van der Waals surface area contributed by atoms with Crippen molar-refractivity contribution in [3.05, 3.63) is 29.0 Å². The van der Waals surface area contributed by atoms with Gasteiger partial charge in [-0.15, -0.1) is 0 Å². The number of unbranched alkanes of at least 4 members (excludes halogenated alkanes) is 2. The van der Waals surface area contributed by atoms with Gasteiger partial charge in [0, 0.05) is 5.33 Å². The van der Waals surface area contributed by atoms with Crippen LogP contribution >= 0.6 is 27.5 Å². The summed E-state index contributed by atoms with van der Waals surface area (Å²) >= 11 is 9.14. The molecule has 0 saturated carbocycles. The largest absolute Gasteiger partial charge is 0.489 e. The average Bonchev–Trinajstić information content (AvgIpc) is 2.21. The Balaban J connectivity index is 2.37. The smallest absolute Gasteiger partial charge is 0.173 e. The van der Waals surface area contributed by atoms with Crippen LogP contribution in [0.1, 0.15) is 19.3 Å². The fourth-order valence-corrected chi connectivity index (χ4v) is 1.78. The van der Waals surface area contributed by atoms with Crippen LogP contribution in [0.5, 0.6) is 5.75 Å². The molecular weight excluding hydrogens is 282 g/mol. The standard InChI is InChI=1S/C11H13BrClFO/c12-7-2-1-3-8-15-11-9(13)5-4-6-10(11)14/h4-6H,1-3,7-8H2. The van der Waals surface area contributed by atoms with Crippen molar-refractivity contribution >= 4 is 27.5 Å². The summed E-state index contributed by atoms with van der Waals surface area (Å²) in [6.07, 6.45) is 3.09. The second-order valence-corrected chi connectivity index (χ2v) is 4.35. The Hall–Kier alpha value is -0.280. The van der Waals surface area contributed by atoms with Crippen molar-refractivity contribution in [2.24, 2.45) is 0 Å². The van der Waals surface area contributed by atoms with Gasteiger partial charge in [0.25, 0.3) is 0 Å². The van der Waals surface area contributed by atoms with E-state index in [0.717, 1.165) is 24.6 Å². The summed E-state index contributed by atoms with van der Waals surface area (Å²) in [5.74, 6) is -0.235. The van der Waals surface area contributed by atoms with E-state index < -0.39 is 5.82 Å². The van der Waals surface area contributed by atoms with Crippen LogP contribution in [0.2, 0.25) is 5.02 Å². The van der Waals surface area contributed by atoms with Crippen LogP contribution in [0.15, 0.2) is 18.2 Å². The van der Waals surface area contributed by atoms with Crippen LogP contribution in [0.25, 0.3) is 0 Å². The first-order chi connectivity index (χ1) is 7.25. The van der Waals surface area contributed by atoms with Gasteiger partial charge < -0.3 is 4.74 Å². The normalized spacial score (nSPS) is 10.3. The molecule has 1 aromatic carbocycles. The van der Waals surface area contributed by atoms with Crippen molar-refractivity contribution in [3.8, 4) is 5.75 Å². The van der Waals surface area contributed by atoms with Crippen LogP contribution in [0.3, 0.4) is 0 Å². The van der Waals surface area contributed by atoms with Crippen LogP contribution in [0, 0.1) is 5.82 Å². The molecular formula is C11H13BrClFO. The first-order valence-corrected chi connectivity index (χ1v) is 6.38. The summed E-state index contributed by atoms with van der Waals surface area (Å²) < 4.78 is 18.5.